The van der Waals surface area contributed by atoms with E-state index in [1.807, 2.05) is 0 Å². The summed E-state index contributed by atoms with van der Waals surface area (Å²) < 4.78 is 0. The first kappa shape index (κ1) is 12.3. The summed E-state index contributed by atoms with van der Waals surface area (Å²) in [5.74, 6) is 0. The van der Waals surface area contributed by atoms with Gasteiger partial charge in [0.2, 0.25) is 0 Å². The molecule has 0 aliphatic heterocycles. The standard InChI is InChI=1S/C6H10O2.Ca.2H/c7-5-3-1-2-4-6-8;;;/h5-6H,1-4H2;;;/q;+2;2*-1. The van der Waals surface area contributed by atoms with Gasteiger partial charge in [0.15, 0.2) is 0 Å². The van der Waals surface area contributed by atoms with Crippen molar-refractivity contribution in [3.63, 3.8) is 0 Å². The van der Waals surface area contributed by atoms with E-state index in [1.54, 1.807) is 0 Å². The molecule has 0 radical (unpaired) electrons. The van der Waals surface area contributed by atoms with E-state index in [9.17, 15) is 9.59 Å². The maximum atomic E-state index is 9.68. The fourth-order valence-corrected chi connectivity index (χ4v) is 0.455. The maximum absolute atomic E-state index is 9.68. The molecule has 9 heavy (non-hydrogen) atoms. The molecule has 50 valence electrons. The predicted molar refractivity (Wildman–Crippen MR) is 38.6 cm³/mol. The van der Waals surface area contributed by atoms with Crippen molar-refractivity contribution in [3.05, 3.63) is 0 Å². The average Bonchev–Trinajstić information content (AvgIpc) is 1.81. The summed E-state index contributed by atoms with van der Waals surface area (Å²) in [6.45, 7) is 0. The van der Waals surface area contributed by atoms with Gasteiger partial charge in [-0.25, -0.2) is 0 Å². The van der Waals surface area contributed by atoms with Crippen molar-refractivity contribution in [1.82, 2.24) is 0 Å². The molecular weight excluding hydrogens is 144 g/mol. The molecule has 0 aliphatic rings. The zero-order valence-electron chi connectivity index (χ0n) is 7.51. The van der Waals surface area contributed by atoms with Crippen molar-refractivity contribution in [2.75, 3.05) is 0 Å². The van der Waals surface area contributed by atoms with Crippen LogP contribution in [0.4, 0.5) is 0 Å². The Bertz CT molecular complexity index is 71.0. The topological polar surface area (TPSA) is 34.1 Å². The summed E-state index contributed by atoms with van der Waals surface area (Å²) >= 11 is 0. The molecule has 0 amide bonds. The second kappa shape index (κ2) is 11.4. The zero-order valence-corrected chi connectivity index (χ0v) is 7.72. The van der Waals surface area contributed by atoms with Crippen molar-refractivity contribution < 1.29 is 12.4 Å². The summed E-state index contributed by atoms with van der Waals surface area (Å²) in [6.07, 6.45) is 4.64. The largest absolute Gasteiger partial charge is 2.00 e. The second-order valence-corrected chi connectivity index (χ2v) is 1.62. The van der Waals surface area contributed by atoms with Gasteiger partial charge in [0.1, 0.15) is 12.6 Å². The zero-order chi connectivity index (χ0) is 6.24. The monoisotopic (exact) mass is 156 g/mol. The predicted octanol–water partition coefficient (Wildman–Crippen LogP) is 0.789. The van der Waals surface area contributed by atoms with Gasteiger partial charge in [-0.2, -0.15) is 0 Å². The molecule has 0 heterocycles. The molecule has 2 nitrogen and oxygen atoms in total. The minimum atomic E-state index is 0. The second-order valence-electron chi connectivity index (χ2n) is 1.62. The Morgan fingerprint density at radius 3 is 1.56 bits per heavy atom. The summed E-state index contributed by atoms with van der Waals surface area (Å²) in [5.41, 5.74) is 0. The van der Waals surface area contributed by atoms with Crippen LogP contribution in [0.25, 0.3) is 0 Å². The fourth-order valence-electron chi connectivity index (χ4n) is 0.455. The van der Waals surface area contributed by atoms with E-state index in [2.05, 4.69) is 0 Å². The molecule has 0 rings (SSSR count). The SMILES string of the molecule is O=CCCCCC=O.[Ca+2].[H-].[H-]. The molecule has 0 aromatic rings. The van der Waals surface area contributed by atoms with Crippen LogP contribution in [-0.4, -0.2) is 50.3 Å². The minimum Gasteiger partial charge on any atom is -1.00 e. The maximum Gasteiger partial charge on any atom is 2.00 e. The third-order valence-electron chi connectivity index (χ3n) is 0.894. The quantitative estimate of drug-likeness (QED) is 0.335. The third-order valence-corrected chi connectivity index (χ3v) is 0.894. The molecule has 0 saturated heterocycles. The van der Waals surface area contributed by atoms with Crippen molar-refractivity contribution in [1.29, 1.82) is 0 Å². The van der Waals surface area contributed by atoms with Crippen LogP contribution in [-0.2, 0) is 9.59 Å². The molecular formula is C6H12CaO2. The Balaban J connectivity index is -0.0000000817. The third kappa shape index (κ3) is 11.9. The number of rotatable bonds is 5. The van der Waals surface area contributed by atoms with E-state index in [4.69, 9.17) is 0 Å². The Labute approximate surface area is 88.0 Å². The van der Waals surface area contributed by atoms with Crippen molar-refractivity contribution >= 4 is 50.3 Å². The Morgan fingerprint density at radius 2 is 1.33 bits per heavy atom. The van der Waals surface area contributed by atoms with E-state index in [1.165, 1.54) is 0 Å². The summed E-state index contributed by atoms with van der Waals surface area (Å²) in [4.78, 5) is 19.4. The van der Waals surface area contributed by atoms with Crippen LogP contribution in [0.2, 0.25) is 0 Å². The molecule has 0 atom stereocenters. The summed E-state index contributed by atoms with van der Waals surface area (Å²) in [5, 5.41) is 0. The van der Waals surface area contributed by atoms with Crippen LogP contribution in [0.15, 0.2) is 0 Å². The van der Waals surface area contributed by atoms with Crippen LogP contribution in [0, 0.1) is 0 Å². The number of aldehydes is 2. The van der Waals surface area contributed by atoms with Crippen LogP contribution < -0.4 is 0 Å². The smallest absolute Gasteiger partial charge is 1.00 e. The van der Waals surface area contributed by atoms with Gasteiger partial charge in [-0.3, -0.25) is 0 Å². The first-order chi connectivity index (χ1) is 3.91. The molecule has 0 saturated carbocycles. The van der Waals surface area contributed by atoms with Gasteiger partial charge in [-0.05, 0) is 12.8 Å². The van der Waals surface area contributed by atoms with Gasteiger partial charge in [-0.1, -0.05) is 0 Å². The van der Waals surface area contributed by atoms with Crippen LogP contribution in [0.3, 0.4) is 0 Å². The number of carbonyl (C=O) groups excluding carboxylic acids is 2. The molecule has 0 bridgehead atoms. The molecule has 0 aliphatic carbocycles. The Kier molecular flexibility index (Phi) is 15.6. The van der Waals surface area contributed by atoms with Gasteiger partial charge in [0.05, 0.1) is 0 Å². The summed E-state index contributed by atoms with van der Waals surface area (Å²) in [7, 11) is 0. The number of carbonyl (C=O) groups is 2. The van der Waals surface area contributed by atoms with Crippen molar-refractivity contribution in [3.8, 4) is 0 Å². The Hall–Kier alpha value is 0.600. The van der Waals surface area contributed by atoms with Gasteiger partial charge in [0.25, 0.3) is 0 Å². The van der Waals surface area contributed by atoms with Gasteiger partial charge < -0.3 is 12.4 Å². The fraction of sp³-hybridized carbons (Fsp3) is 0.667. The van der Waals surface area contributed by atoms with Crippen molar-refractivity contribution in [2.24, 2.45) is 0 Å². The van der Waals surface area contributed by atoms with Gasteiger partial charge in [-0.15, -0.1) is 0 Å². The van der Waals surface area contributed by atoms with Gasteiger partial charge in [0, 0.05) is 12.8 Å². The molecule has 0 aromatic carbocycles. The average molecular weight is 156 g/mol. The summed E-state index contributed by atoms with van der Waals surface area (Å²) in [6, 6.07) is 0. The van der Waals surface area contributed by atoms with E-state index in [-0.39, 0.29) is 40.6 Å². The van der Waals surface area contributed by atoms with Crippen LogP contribution in [0.5, 0.6) is 0 Å². The molecule has 0 fully saturated rings. The van der Waals surface area contributed by atoms with E-state index < -0.39 is 0 Å². The molecule has 0 spiro atoms. The number of hydrogen-bond acceptors (Lipinski definition) is 2. The number of hydrogen-bond donors (Lipinski definition) is 0. The van der Waals surface area contributed by atoms with Crippen molar-refractivity contribution in [2.45, 2.75) is 25.7 Å². The number of unbranched alkanes of at least 4 members (excludes halogenated alkanes) is 3. The Morgan fingerprint density at radius 1 is 1.00 bits per heavy atom. The van der Waals surface area contributed by atoms with Gasteiger partial charge >= 0.3 is 37.7 Å². The first-order valence-corrected chi connectivity index (χ1v) is 2.79. The first-order valence-electron chi connectivity index (χ1n) is 2.79. The van der Waals surface area contributed by atoms with E-state index in [0.29, 0.717) is 12.8 Å². The van der Waals surface area contributed by atoms with E-state index >= 15 is 0 Å². The minimum absolute atomic E-state index is 0. The normalized spacial score (nSPS) is 7.56. The van der Waals surface area contributed by atoms with Crippen LogP contribution in [0.1, 0.15) is 28.5 Å². The molecule has 0 N–H and O–H groups in total. The molecule has 3 heteroatoms. The molecule has 0 unspecified atom stereocenters. The van der Waals surface area contributed by atoms with Crippen LogP contribution >= 0.6 is 0 Å². The van der Waals surface area contributed by atoms with E-state index in [0.717, 1.165) is 25.4 Å². The molecule has 0 aromatic heterocycles.